The van der Waals surface area contributed by atoms with Gasteiger partial charge in [0.25, 0.3) is 0 Å². The third kappa shape index (κ3) is 5.36. The molecule has 0 aliphatic heterocycles. The van der Waals surface area contributed by atoms with Gasteiger partial charge in [0, 0.05) is 37.5 Å². The van der Waals surface area contributed by atoms with E-state index in [1.807, 2.05) is 59.9 Å². The average Bonchev–Trinajstić information content (AvgIpc) is 3.16. The van der Waals surface area contributed by atoms with Crippen LogP contribution in [-0.2, 0) is 6.54 Å². The normalized spacial score (nSPS) is 10.6. The summed E-state index contributed by atoms with van der Waals surface area (Å²) in [7, 11) is 2.03. The van der Waals surface area contributed by atoms with Gasteiger partial charge in [0.05, 0.1) is 11.4 Å². The number of nitrogens with zero attached hydrogens (tertiary/aromatic N) is 3. The van der Waals surface area contributed by atoms with Crippen molar-refractivity contribution in [1.29, 1.82) is 0 Å². The Labute approximate surface area is 176 Å². The molecule has 0 bridgehead atoms. The molecule has 0 saturated heterocycles. The van der Waals surface area contributed by atoms with E-state index in [1.54, 1.807) is 0 Å². The summed E-state index contributed by atoms with van der Waals surface area (Å²) in [6.07, 6.45) is 5.33. The standard InChI is InChI=1S/C22H26N4S2/c1-25(22(27)23-14-9-15-28-2)16-19-17-26(20-12-7-4-8-13-20)24-21(19)18-10-5-3-6-11-18/h3-8,10-13,17H,9,14-16H2,1-2H3,(H,23,27). The van der Waals surface area contributed by atoms with Crippen molar-refractivity contribution in [1.82, 2.24) is 20.0 Å². The number of para-hydroxylation sites is 1. The van der Waals surface area contributed by atoms with Crippen molar-refractivity contribution in [2.24, 2.45) is 0 Å². The molecule has 3 aromatic rings. The van der Waals surface area contributed by atoms with Crippen LogP contribution in [0.15, 0.2) is 66.9 Å². The van der Waals surface area contributed by atoms with Crippen molar-refractivity contribution in [3.63, 3.8) is 0 Å². The first-order valence-electron chi connectivity index (χ1n) is 9.36. The SMILES string of the molecule is CSCCCNC(=S)N(C)Cc1cn(-c2ccccc2)nc1-c1ccccc1. The Hall–Kier alpha value is -2.31. The second-order valence-electron chi connectivity index (χ2n) is 6.58. The summed E-state index contributed by atoms with van der Waals surface area (Å²) in [5.41, 5.74) is 4.29. The first-order valence-corrected chi connectivity index (χ1v) is 11.2. The Kier molecular flexibility index (Phi) is 7.51. The molecule has 0 aliphatic carbocycles. The fourth-order valence-corrected chi connectivity index (χ4v) is 3.55. The highest BCUT2D eigenvalue weighted by Crippen LogP contribution is 2.24. The monoisotopic (exact) mass is 410 g/mol. The lowest BCUT2D eigenvalue weighted by atomic mass is 10.1. The second-order valence-corrected chi connectivity index (χ2v) is 7.96. The molecule has 0 fully saturated rings. The molecule has 146 valence electrons. The van der Waals surface area contributed by atoms with Crippen LogP contribution in [0.5, 0.6) is 0 Å². The molecule has 1 aromatic heterocycles. The Morgan fingerprint density at radius 1 is 1.11 bits per heavy atom. The number of nitrogens with one attached hydrogen (secondary N) is 1. The number of hydrogen-bond donors (Lipinski definition) is 1. The molecule has 0 spiro atoms. The molecule has 4 nitrogen and oxygen atoms in total. The van der Waals surface area contributed by atoms with Gasteiger partial charge in [0.15, 0.2) is 5.11 Å². The molecule has 6 heteroatoms. The number of rotatable bonds is 8. The Balaban J connectivity index is 1.81. The lowest BCUT2D eigenvalue weighted by molar-refractivity contribution is 0.489. The van der Waals surface area contributed by atoms with Crippen molar-refractivity contribution >= 4 is 29.1 Å². The molecule has 0 amide bonds. The topological polar surface area (TPSA) is 33.1 Å². The Bertz CT molecular complexity index is 878. The highest BCUT2D eigenvalue weighted by molar-refractivity contribution is 7.98. The number of thioether (sulfide) groups is 1. The molecule has 28 heavy (non-hydrogen) atoms. The van der Waals surface area contributed by atoms with Crippen LogP contribution in [0, 0.1) is 0 Å². The maximum absolute atomic E-state index is 5.57. The van der Waals surface area contributed by atoms with Crippen LogP contribution >= 0.6 is 24.0 Å². The van der Waals surface area contributed by atoms with Gasteiger partial charge in [-0.3, -0.25) is 0 Å². The van der Waals surface area contributed by atoms with Crippen LogP contribution in [0.4, 0.5) is 0 Å². The first kappa shape index (κ1) is 20.4. The summed E-state index contributed by atoms with van der Waals surface area (Å²) in [5, 5.41) is 9.00. The van der Waals surface area contributed by atoms with Crippen molar-refractivity contribution in [3.05, 3.63) is 72.4 Å². The lowest BCUT2D eigenvalue weighted by Crippen LogP contribution is -2.37. The predicted molar refractivity (Wildman–Crippen MR) is 124 cm³/mol. The van der Waals surface area contributed by atoms with Gasteiger partial charge in [-0.15, -0.1) is 0 Å². The number of hydrogen-bond acceptors (Lipinski definition) is 3. The van der Waals surface area contributed by atoms with E-state index in [-0.39, 0.29) is 0 Å². The fourth-order valence-electron chi connectivity index (χ4n) is 2.95. The molecule has 1 heterocycles. The summed E-state index contributed by atoms with van der Waals surface area (Å²) < 4.78 is 1.94. The fraction of sp³-hybridized carbons (Fsp3) is 0.273. The van der Waals surface area contributed by atoms with E-state index in [0.29, 0.717) is 6.54 Å². The summed E-state index contributed by atoms with van der Waals surface area (Å²) in [5.74, 6) is 1.14. The van der Waals surface area contributed by atoms with Gasteiger partial charge in [-0.2, -0.15) is 16.9 Å². The quantitative estimate of drug-likeness (QED) is 0.434. The van der Waals surface area contributed by atoms with Crippen LogP contribution in [0.3, 0.4) is 0 Å². The second kappa shape index (κ2) is 10.3. The molecular weight excluding hydrogens is 384 g/mol. The zero-order valence-electron chi connectivity index (χ0n) is 16.3. The smallest absolute Gasteiger partial charge is 0.168 e. The van der Waals surface area contributed by atoms with Crippen molar-refractivity contribution in [2.75, 3.05) is 25.6 Å². The van der Waals surface area contributed by atoms with Crippen LogP contribution in [0.25, 0.3) is 16.9 Å². The largest absolute Gasteiger partial charge is 0.363 e. The zero-order chi connectivity index (χ0) is 19.8. The molecular formula is C22H26N4S2. The van der Waals surface area contributed by atoms with E-state index in [0.717, 1.165) is 46.3 Å². The van der Waals surface area contributed by atoms with E-state index in [4.69, 9.17) is 17.3 Å². The third-order valence-corrected chi connectivity index (χ3v) is 5.57. The molecule has 1 N–H and O–H groups in total. The lowest BCUT2D eigenvalue weighted by Gasteiger charge is -2.21. The average molecular weight is 411 g/mol. The van der Waals surface area contributed by atoms with Crippen LogP contribution < -0.4 is 5.32 Å². The van der Waals surface area contributed by atoms with Crippen molar-refractivity contribution in [2.45, 2.75) is 13.0 Å². The number of thiocarbonyl (C=S) groups is 1. The zero-order valence-corrected chi connectivity index (χ0v) is 18.0. The maximum Gasteiger partial charge on any atom is 0.168 e. The number of benzene rings is 2. The highest BCUT2D eigenvalue weighted by atomic mass is 32.2. The molecule has 0 atom stereocenters. The van der Waals surface area contributed by atoms with Crippen LogP contribution in [-0.4, -0.2) is 45.4 Å². The minimum Gasteiger partial charge on any atom is -0.363 e. The van der Waals surface area contributed by atoms with E-state index >= 15 is 0 Å². The summed E-state index contributed by atoms with van der Waals surface area (Å²) in [6.45, 7) is 1.60. The minimum absolute atomic E-state index is 0.700. The van der Waals surface area contributed by atoms with Crippen molar-refractivity contribution in [3.8, 4) is 16.9 Å². The Morgan fingerprint density at radius 3 is 2.46 bits per heavy atom. The minimum atomic E-state index is 0.700. The molecule has 2 aromatic carbocycles. The molecule has 0 saturated carbocycles. The van der Waals surface area contributed by atoms with Gasteiger partial charge in [-0.05, 0) is 42.8 Å². The van der Waals surface area contributed by atoms with Crippen LogP contribution in [0.1, 0.15) is 12.0 Å². The third-order valence-electron chi connectivity index (χ3n) is 4.41. The van der Waals surface area contributed by atoms with Gasteiger partial charge in [0.1, 0.15) is 0 Å². The highest BCUT2D eigenvalue weighted by Gasteiger charge is 2.15. The predicted octanol–water partition coefficient (Wildman–Crippen LogP) is 4.60. The Morgan fingerprint density at radius 2 is 1.79 bits per heavy atom. The summed E-state index contributed by atoms with van der Waals surface area (Å²) in [4.78, 5) is 2.08. The van der Waals surface area contributed by atoms with Crippen molar-refractivity contribution < 1.29 is 0 Å². The van der Waals surface area contributed by atoms with Crippen LogP contribution in [0.2, 0.25) is 0 Å². The molecule has 3 rings (SSSR count). The molecule has 0 aliphatic rings. The molecule has 0 unspecified atom stereocenters. The van der Waals surface area contributed by atoms with E-state index < -0.39 is 0 Å². The number of aromatic nitrogens is 2. The van der Waals surface area contributed by atoms with E-state index in [1.165, 1.54) is 0 Å². The summed E-state index contributed by atoms with van der Waals surface area (Å²) in [6, 6.07) is 20.5. The van der Waals surface area contributed by atoms with Gasteiger partial charge >= 0.3 is 0 Å². The van der Waals surface area contributed by atoms with E-state index in [9.17, 15) is 0 Å². The summed E-state index contributed by atoms with van der Waals surface area (Å²) >= 11 is 7.42. The molecule has 0 radical (unpaired) electrons. The van der Waals surface area contributed by atoms with Gasteiger partial charge < -0.3 is 10.2 Å². The van der Waals surface area contributed by atoms with Gasteiger partial charge in [0.2, 0.25) is 0 Å². The van der Waals surface area contributed by atoms with Gasteiger partial charge in [-0.25, -0.2) is 4.68 Å². The maximum atomic E-state index is 5.57. The first-order chi connectivity index (χ1) is 13.7. The van der Waals surface area contributed by atoms with E-state index in [2.05, 4.69) is 46.9 Å². The van der Waals surface area contributed by atoms with Gasteiger partial charge in [-0.1, -0.05) is 48.5 Å².